The summed E-state index contributed by atoms with van der Waals surface area (Å²) in [6.45, 7) is 6.14. The van der Waals surface area contributed by atoms with Gasteiger partial charge in [0.15, 0.2) is 0 Å². The molecule has 142 valence electrons. The third-order valence-corrected chi connectivity index (χ3v) is 6.12. The summed E-state index contributed by atoms with van der Waals surface area (Å²) in [4.78, 5) is 25.4. The van der Waals surface area contributed by atoms with Crippen molar-refractivity contribution in [2.45, 2.75) is 71.3 Å². The van der Waals surface area contributed by atoms with Crippen molar-refractivity contribution in [1.82, 2.24) is 0 Å². The Morgan fingerprint density at radius 3 is 2.65 bits per heavy atom. The normalized spacial score (nSPS) is 27.7. The van der Waals surface area contributed by atoms with Gasteiger partial charge < -0.3 is 9.47 Å². The molecule has 26 heavy (non-hydrogen) atoms. The Kier molecular flexibility index (Phi) is 5.69. The number of ether oxygens (including phenoxy) is 2. The molecule has 0 aromatic heterocycles. The minimum atomic E-state index is -1.09. The number of benzene rings is 1. The number of aryl methyl sites for hydroxylation is 2. The second-order valence-electron chi connectivity index (χ2n) is 7.99. The molecule has 2 aliphatic carbocycles. The zero-order chi connectivity index (χ0) is 18.7. The van der Waals surface area contributed by atoms with E-state index in [0.717, 1.165) is 24.0 Å². The van der Waals surface area contributed by atoms with Gasteiger partial charge in [-0.25, -0.2) is 4.79 Å². The van der Waals surface area contributed by atoms with Gasteiger partial charge in [-0.05, 0) is 56.6 Å². The molecule has 0 aliphatic heterocycles. The zero-order valence-electron chi connectivity index (χ0n) is 16.2. The van der Waals surface area contributed by atoms with Gasteiger partial charge in [0.2, 0.25) is 5.60 Å². The van der Waals surface area contributed by atoms with Gasteiger partial charge in [0.05, 0.1) is 13.0 Å². The molecule has 0 spiro atoms. The molecule has 2 saturated carbocycles. The van der Waals surface area contributed by atoms with Gasteiger partial charge in [-0.2, -0.15) is 0 Å². The second kappa shape index (κ2) is 7.81. The summed E-state index contributed by atoms with van der Waals surface area (Å²) in [5, 5.41) is 0. The highest BCUT2D eigenvalue weighted by atomic mass is 16.6. The fraction of sp³-hybridized carbons (Fsp3) is 0.636. The predicted molar refractivity (Wildman–Crippen MR) is 99.8 cm³/mol. The largest absolute Gasteiger partial charge is 0.463 e. The summed E-state index contributed by atoms with van der Waals surface area (Å²) in [5.41, 5.74) is 2.11. The van der Waals surface area contributed by atoms with E-state index in [1.807, 2.05) is 26.0 Å². The van der Waals surface area contributed by atoms with Gasteiger partial charge in [0, 0.05) is 6.42 Å². The number of hydrogen-bond donors (Lipinski definition) is 0. The van der Waals surface area contributed by atoms with E-state index in [0.29, 0.717) is 31.3 Å². The van der Waals surface area contributed by atoms with Crippen molar-refractivity contribution >= 4 is 11.9 Å². The van der Waals surface area contributed by atoms with Crippen LogP contribution in [-0.4, -0.2) is 24.1 Å². The molecule has 3 atom stereocenters. The number of rotatable bonds is 5. The number of carbonyl (C=O) groups excluding carboxylic acids is 2. The van der Waals surface area contributed by atoms with Crippen molar-refractivity contribution in [2.75, 3.05) is 6.61 Å². The lowest BCUT2D eigenvalue weighted by molar-refractivity contribution is -0.189. The minimum absolute atomic E-state index is 0.196. The Labute approximate surface area is 156 Å². The number of hydrogen-bond acceptors (Lipinski definition) is 4. The molecule has 1 aromatic carbocycles. The topological polar surface area (TPSA) is 52.6 Å². The molecule has 1 aromatic rings. The first kappa shape index (κ1) is 18.9. The maximum absolute atomic E-state index is 12.7. The first-order chi connectivity index (χ1) is 12.4. The molecule has 4 heteroatoms. The van der Waals surface area contributed by atoms with Crippen LogP contribution in [0.4, 0.5) is 0 Å². The van der Waals surface area contributed by atoms with Crippen molar-refractivity contribution in [3.63, 3.8) is 0 Å². The molecule has 2 aliphatic rings. The Bertz CT molecular complexity index is 681. The van der Waals surface area contributed by atoms with E-state index in [1.54, 1.807) is 6.92 Å². The van der Waals surface area contributed by atoms with Crippen LogP contribution in [0.25, 0.3) is 0 Å². The highest BCUT2D eigenvalue weighted by molar-refractivity contribution is 5.84. The molecule has 0 N–H and O–H groups in total. The van der Waals surface area contributed by atoms with Gasteiger partial charge in [-0.3, -0.25) is 4.79 Å². The van der Waals surface area contributed by atoms with Crippen LogP contribution < -0.4 is 0 Å². The lowest BCUT2D eigenvalue weighted by Crippen LogP contribution is -2.49. The quantitative estimate of drug-likeness (QED) is 0.737. The molecule has 4 nitrogen and oxygen atoms in total. The molecule has 0 amide bonds. The number of carbonyl (C=O) groups is 2. The lowest BCUT2D eigenvalue weighted by Gasteiger charge is -2.39. The van der Waals surface area contributed by atoms with E-state index >= 15 is 0 Å². The first-order valence-electron chi connectivity index (χ1n) is 9.88. The minimum Gasteiger partial charge on any atom is -0.463 e. The maximum atomic E-state index is 12.7. The third-order valence-electron chi connectivity index (χ3n) is 6.12. The van der Waals surface area contributed by atoms with Crippen LogP contribution in [0.3, 0.4) is 0 Å². The summed E-state index contributed by atoms with van der Waals surface area (Å²) < 4.78 is 11.2. The lowest BCUT2D eigenvalue weighted by atomic mass is 9.73. The van der Waals surface area contributed by atoms with Crippen molar-refractivity contribution in [3.05, 3.63) is 34.9 Å². The van der Waals surface area contributed by atoms with Crippen LogP contribution in [0.1, 0.15) is 62.1 Å². The van der Waals surface area contributed by atoms with E-state index in [-0.39, 0.29) is 18.4 Å². The predicted octanol–water partition coefficient (Wildman–Crippen LogP) is 4.29. The van der Waals surface area contributed by atoms with E-state index in [9.17, 15) is 9.59 Å². The maximum Gasteiger partial charge on any atom is 0.350 e. The zero-order valence-corrected chi connectivity index (χ0v) is 16.2. The van der Waals surface area contributed by atoms with Gasteiger partial charge in [-0.1, -0.05) is 43.0 Å². The second-order valence-corrected chi connectivity index (χ2v) is 7.99. The summed E-state index contributed by atoms with van der Waals surface area (Å²) in [7, 11) is 0. The van der Waals surface area contributed by atoms with Crippen molar-refractivity contribution in [2.24, 2.45) is 11.8 Å². The SMILES string of the molecule is CCOC(=O)C1(OC(=O)Cc2ccc(C)cc2C)CCC2CCCC2C1. The molecule has 3 unspecified atom stereocenters. The molecule has 0 saturated heterocycles. The Balaban J connectivity index is 1.74. The van der Waals surface area contributed by atoms with E-state index < -0.39 is 5.60 Å². The fourth-order valence-corrected chi connectivity index (χ4v) is 4.74. The van der Waals surface area contributed by atoms with Crippen LogP contribution in [-0.2, 0) is 25.5 Å². The molecule has 3 rings (SSSR count). The van der Waals surface area contributed by atoms with Crippen molar-refractivity contribution in [3.8, 4) is 0 Å². The number of esters is 2. The summed E-state index contributed by atoms with van der Waals surface area (Å²) in [6, 6.07) is 6.03. The van der Waals surface area contributed by atoms with E-state index in [1.165, 1.54) is 18.4 Å². The first-order valence-corrected chi connectivity index (χ1v) is 9.88. The Hall–Kier alpha value is -1.84. The third kappa shape index (κ3) is 3.94. The smallest absolute Gasteiger partial charge is 0.350 e. The van der Waals surface area contributed by atoms with Gasteiger partial charge in [0.1, 0.15) is 0 Å². The van der Waals surface area contributed by atoms with Gasteiger partial charge in [0.25, 0.3) is 0 Å². The van der Waals surface area contributed by atoms with Gasteiger partial charge >= 0.3 is 11.9 Å². The summed E-state index contributed by atoms with van der Waals surface area (Å²) >= 11 is 0. The van der Waals surface area contributed by atoms with Crippen LogP contribution in [0.2, 0.25) is 0 Å². The van der Waals surface area contributed by atoms with Crippen LogP contribution in [0, 0.1) is 25.7 Å². The average molecular weight is 358 g/mol. The van der Waals surface area contributed by atoms with Crippen molar-refractivity contribution in [1.29, 1.82) is 0 Å². The highest BCUT2D eigenvalue weighted by Gasteiger charge is 2.51. The number of fused-ring (bicyclic) bond motifs is 1. The summed E-state index contributed by atoms with van der Waals surface area (Å²) in [6.07, 6.45) is 5.92. The Morgan fingerprint density at radius 1 is 1.15 bits per heavy atom. The summed E-state index contributed by atoms with van der Waals surface area (Å²) in [5.74, 6) is 0.457. The van der Waals surface area contributed by atoms with Crippen molar-refractivity contribution < 1.29 is 19.1 Å². The molecule has 0 radical (unpaired) electrons. The molecular formula is C22H30O4. The van der Waals surface area contributed by atoms with Crippen LogP contribution in [0.15, 0.2) is 18.2 Å². The molecule has 0 heterocycles. The molecule has 2 fully saturated rings. The standard InChI is InChI=1S/C22H30O4/c1-4-25-21(24)22(11-10-17-6-5-7-19(17)14-22)26-20(23)13-18-9-8-15(2)12-16(18)3/h8-9,12,17,19H,4-7,10-11,13-14H2,1-3H3. The monoisotopic (exact) mass is 358 g/mol. The molecule has 0 bridgehead atoms. The average Bonchev–Trinajstić information content (AvgIpc) is 3.05. The molecular weight excluding hydrogens is 328 g/mol. The van der Waals surface area contributed by atoms with Crippen LogP contribution in [0.5, 0.6) is 0 Å². The van der Waals surface area contributed by atoms with E-state index in [4.69, 9.17) is 9.47 Å². The van der Waals surface area contributed by atoms with E-state index in [2.05, 4.69) is 6.07 Å². The van der Waals surface area contributed by atoms with Gasteiger partial charge in [-0.15, -0.1) is 0 Å². The van der Waals surface area contributed by atoms with Crippen LogP contribution >= 0.6 is 0 Å². The highest BCUT2D eigenvalue weighted by Crippen LogP contribution is 2.47. The fourth-order valence-electron chi connectivity index (χ4n) is 4.74. The Morgan fingerprint density at radius 2 is 1.92 bits per heavy atom.